The lowest BCUT2D eigenvalue weighted by Gasteiger charge is -2.09. The summed E-state index contributed by atoms with van der Waals surface area (Å²) in [6.45, 7) is 2.85. The van der Waals surface area contributed by atoms with Crippen LogP contribution in [0.2, 0.25) is 5.02 Å². The van der Waals surface area contributed by atoms with Crippen LogP contribution in [0.3, 0.4) is 0 Å². The number of halogens is 1. The van der Waals surface area contributed by atoms with Gasteiger partial charge in [0.05, 0.1) is 18.2 Å². The van der Waals surface area contributed by atoms with Gasteiger partial charge in [0, 0.05) is 46.6 Å². The minimum absolute atomic E-state index is 0.0587. The van der Waals surface area contributed by atoms with E-state index in [1.54, 1.807) is 19.1 Å². The number of aliphatic carboxylic acids is 1. The number of aromatic nitrogens is 1. The number of carbonyl (C=O) groups is 2. The molecule has 2 N–H and O–H groups in total. The molecule has 0 fully saturated rings. The second kappa shape index (κ2) is 11.6. The third-order valence-electron chi connectivity index (χ3n) is 5.46. The lowest BCUT2D eigenvalue weighted by molar-refractivity contribution is -0.137. The maximum absolute atomic E-state index is 13.1. The second-order valence-corrected chi connectivity index (χ2v) is 8.76. The van der Waals surface area contributed by atoms with E-state index >= 15 is 0 Å². The summed E-state index contributed by atoms with van der Waals surface area (Å²) in [6, 6.07) is 14.9. The molecule has 1 aromatic heterocycles. The number of nitriles is 1. The average molecular weight is 467 g/mol. The number of nitrogens with one attached hydrogen (secondary N) is 1. The number of aromatic amines is 1. The summed E-state index contributed by atoms with van der Waals surface area (Å²) in [6.07, 6.45) is 2.38. The number of hydrogen-bond donors (Lipinski definition) is 2. The highest BCUT2D eigenvalue weighted by molar-refractivity contribution is 6.30. The first-order chi connectivity index (χ1) is 15.9. The number of unbranched alkanes of at least 4 members (excludes halogenated alkanes) is 1. The summed E-state index contributed by atoms with van der Waals surface area (Å²) < 4.78 is 5.74. The van der Waals surface area contributed by atoms with Gasteiger partial charge < -0.3 is 14.8 Å². The molecule has 3 aromatic rings. The van der Waals surface area contributed by atoms with Crippen molar-refractivity contribution in [2.45, 2.75) is 45.6 Å². The van der Waals surface area contributed by atoms with Crippen LogP contribution in [0.4, 0.5) is 0 Å². The second-order valence-electron chi connectivity index (χ2n) is 8.32. The summed E-state index contributed by atoms with van der Waals surface area (Å²) in [7, 11) is 0. The van der Waals surface area contributed by atoms with Crippen LogP contribution < -0.4 is 0 Å². The first-order valence-electron chi connectivity index (χ1n) is 11.0. The van der Waals surface area contributed by atoms with Crippen LogP contribution in [-0.2, 0) is 22.6 Å². The van der Waals surface area contributed by atoms with E-state index in [1.807, 2.05) is 30.3 Å². The standard InChI is InChI=1S/C26H27ClN2O4/c1-17(12-25(31)32)11-24(30)26-21-14-18(15-28)8-9-22(21)29-23(26)7-2-3-10-33-16-19-5-4-6-20(27)13-19/h4-6,8-9,13-14,17,29H,2-3,7,10-12,16H2,1H3,(H,31,32)/t17-/m0/s1. The fourth-order valence-electron chi connectivity index (χ4n) is 3.93. The Labute approximate surface area is 198 Å². The minimum atomic E-state index is -0.918. The number of ketones is 1. The Hall–Kier alpha value is -3.14. The number of ether oxygens (including phenoxy) is 1. The van der Waals surface area contributed by atoms with Gasteiger partial charge in [-0.3, -0.25) is 9.59 Å². The summed E-state index contributed by atoms with van der Waals surface area (Å²) in [5, 5.41) is 19.7. The van der Waals surface area contributed by atoms with E-state index in [0.717, 1.165) is 29.6 Å². The quantitative estimate of drug-likeness (QED) is 0.255. The van der Waals surface area contributed by atoms with Crippen molar-refractivity contribution in [2.75, 3.05) is 6.61 Å². The van der Waals surface area contributed by atoms with Gasteiger partial charge in [-0.1, -0.05) is 30.7 Å². The van der Waals surface area contributed by atoms with Crippen molar-refractivity contribution >= 4 is 34.3 Å². The zero-order valence-corrected chi connectivity index (χ0v) is 19.3. The van der Waals surface area contributed by atoms with Crippen LogP contribution in [-0.4, -0.2) is 28.4 Å². The van der Waals surface area contributed by atoms with Crippen LogP contribution in [0.1, 0.15) is 59.8 Å². The molecule has 0 radical (unpaired) electrons. The van der Waals surface area contributed by atoms with E-state index in [2.05, 4.69) is 11.1 Å². The molecule has 1 atom stereocenters. The zero-order valence-electron chi connectivity index (χ0n) is 18.6. The third kappa shape index (κ3) is 6.92. The normalized spacial score (nSPS) is 11.9. The first kappa shape index (κ1) is 24.5. The van der Waals surface area contributed by atoms with E-state index in [9.17, 15) is 14.9 Å². The molecule has 0 amide bonds. The predicted octanol–water partition coefficient (Wildman–Crippen LogP) is 5.92. The molecule has 0 bridgehead atoms. The smallest absolute Gasteiger partial charge is 0.303 e. The number of H-pyrrole nitrogens is 1. The molecule has 3 rings (SSSR count). The first-order valence-corrected chi connectivity index (χ1v) is 11.4. The fraction of sp³-hybridized carbons (Fsp3) is 0.346. The summed E-state index contributed by atoms with van der Waals surface area (Å²) in [5.74, 6) is -1.29. The topological polar surface area (TPSA) is 103 Å². The lowest BCUT2D eigenvalue weighted by atomic mass is 9.94. The monoisotopic (exact) mass is 466 g/mol. The highest BCUT2D eigenvalue weighted by atomic mass is 35.5. The lowest BCUT2D eigenvalue weighted by Crippen LogP contribution is -2.11. The van der Waals surface area contributed by atoms with Crippen molar-refractivity contribution in [1.82, 2.24) is 4.98 Å². The number of carbonyl (C=O) groups excluding carboxylic acids is 1. The van der Waals surface area contributed by atoms with Crippen molar-refractivity contribution < 1.29 is 19.4 Å². The van der Waals surface area contributed by atoms with Crippen LogP contribution in [0, 0.1) is 17.2 Å². The fourth-order valence-corrected chi connectivity index (χ4v) is 4.15. The molecule has 0 aliphatic rings. The number of benzene rings is 2. The summed E-state index contributed by atoms with van der Waals surface area (Å²) in [4.78, 5) is 27.5. The molecule has 0 aliphatic carbocycles. The maximum Gasteiger partial charge on any atom is 0.303 e. The molecule has 2 aromatic carbocycles. The maximum atomic E-state index is 13.1. The van der Waals surface area contributed by atoms with E-state index in [4.69, 9.17) is 21.4 Å². The zero-order chi connectivity index (χ0) is 23.8. The van der Waals surface area contributed by atoms with E-state index in [0.29, 0.717) is 41.2 Å². The molecule has 7 heteroatoms. The van der Waals surface area contributed by atoms with Gasteiger partial charge in [-0.2, -0.15) is 5.26 Å². The molecule has 0 saturated carbocycles. The molecule has 6 nitrogen and oxygen atoms in total. The highest BCUT2D eigenvalue weighted by Crippen LogP contribution is 2.28. The molecular weight excluding hydrogens is 440 g/mol. The van der Waals surface area contributed by atoms with Crippen molar-refractivity contribution in [1.29, 1.82) is 5.26 Å². The number of nitrogens with zero attached hydrogens (tertiary/aromatic N) is 1. The number of carboxylic acids is 1. The number of fused-ring (bicyclic) bond motifs is 1. The van der Waals surface area contributed by atoms with Crippen LogP contribution in [0.25, 0.3) is 10.9 Å². The molecule has 33 heavy (non-hydrogen) atoms. The Morgan fingerprint density at radius 1 is 1.18 bits per heavy atom. The van der Waals surface area contributed by atoms with Crippen molar-refractivity contribution in [3.8, 4) is 6.07 Å². The number of rotatable bonds is 12. The number of aryl methyl sites for hydroxylation is 1. The van der Waals surface area contributed by atoms with E-state index < -0.39 is 5.97 Å². The SMILES string of the molecule is C[C@H](CC(=O)O)CC(=O)c1c(CCCCOCc2cccc(Cl)c2)[nH]c2ccc(C#N)cc12. The molecular formula is C26H27ClN2O4. The Bertz CT molecular complexity index is 1180. The van der Waals surface area contributed by atoms with E-state index in [-0.39, 0.29) is 24.5 Å². The average Bonchev–Trinajstić information content (AvgIpc) is 3.13. The largest absolute Gasteiger partial charge is 0.481 e. The summed E-state index contributed by atoms with van der Waals surface area (Å²) in [5.41, 5.74) is 3.70. The third-order valence-corrected chi connectivity index (χ3v) is 5.70. The minimum Gasteiger partial charge on any atom is -0.481 e. The van der Waals surface area contributed by atoms with Gasteiger partial charge in [-0.25, -0.2) is 0 Å². The Kier molecular flexibility index (Phi) is 8.65. The van der Waals surface area contributed by atoms with Crippen molar-refractivity contribution in [3.05, 3.63) is 69.9 Å². The molecule has 0 saturated heterocycles. The van der Waals surface area contributed by atoms with Gasteiger partial charge in [-0.15, -0.1) is 0 Å². The van der Waals surface area contributed by atoms with Crippen LogP contribution >= 0.6 is 11.6 Å². The molecule has 172 valence electrons. The molecule has 1 heterocycles. The Morgan fingerprint density at radius 3 is 2.73 bits per heavy atom. The van der Waals surface area contributed by atoms with Crippen molar-refractivity contribution in [2.24, 2.45) is 5.92 Å². The Morgan fingerprint density at radius 2 is 2.00 bits per heavy atom. The molecule has 0 spiro atoms. The number of carboxylic acid groups (broad SMARTS) is 1. The van der Waals surface area contributed by atoms with Crippen LogP contribution in [0.15, 0.2) is 42.5 Å². The van der Waals surface area contributed by atoms with Gasteiger partial charge in [0.25, 0.3) is 0 Å². The van der Waals surface area contributed by atoms with Gasteiger partial charge in [0.2, 0.25) is 0 Å². The number of Topliss-reactive ketones (excluding diaryl/α,β-unsaturated/α-hetero) is 1. The summed E-state index contributed by atoms with van der Waals surface area (Å²) >= 11 is 5.99. The van der Waals surface area contributed by atoms with E-state index in [1.165, 1.54) is 0 Å². The predicted molar refractivity (Wildman–Crippen MR) is 127 cm³/mol. The molecule has 0 unspecified atom stereocenters. The van der Waals surface area contributed by atoms with Gasteiger partial charge >= 0.3 is 5.97 Å². The van der Waals surface area contributed by atoms with Crippen molar-refractivity contribution in [3.63, 3.8) is 0 Å². The van der Waals surface area contributed by atoms with Gasteiger partial charge in [0.15, 0.2) is 5.78 Å². The Balaban J connectivity index is 1.65. The molecule has 0 aliphatic heterocycles. The number of hydrogen-bond acceptors (Lipinski definition) is 4. The van der Waals surface area contributed by atoms with Gasteiger partial charge in [0.1, 0.15) is 0 Å². The van der Waals surface area contributed by atoms with Gasteiger partial charge in [-0.05, 0) is 61.1 Å². The highest BCUT2D eigenvalue weighted by Gasteiger charge is 2.21. The van der Waals surface area contributed by atoms with Crippen LogP contribution in [0.5, 0.6) is 0 Å².